The van der Waals surface area contributed by atoms with Crippen LogP contribution in [0.15, 0.2) is 0 Å². The molecule has 1 rings (SSSR count). The van der Waals surface area contributed by atoms with Gasteiger partial charge in [0.2, 0.25) is 0 Å². The molecular weight excluding hydrogens is 488 g/mol. The van der Waals surface area contributed by atoms with Crippen LogP contribution in [0.25, 0.3) is 0 Å². The van der Waals surface area contributed by atoms with Crippen molar-refractivity contribution in [3.8, 4) is 0 Å². The summed E-state index contributed by atoms with van der Waals surface area (Å²) in [5, 5.41) is 29.7. The standard InChI is InChI=1S/C28H54N4O6/c1-9-28(8,20(2)3)11-10-24(27(37)38)32-18-13-29(21(4)5)12-14-30(22(6)25(33)34)15-16-31(17-19-32)23(7)26(35)36/h20-24H,9-19H2,1-8H3,(H,33,34)(H,35,36)(H,37,38). The van der Waals surface area contributed by atoms with Crippen LogP contribution in [-0.2, 0) is 14.4 Å². The topological polar surface area (TPSA) is 125 Å². The van der Waals surface area contributed by atoms with E-state index in [1.54, 1.807) is 13.8 Å². The predicted molar refractivity (Wildman–Crippen MR) is 150 cm³/mol. The summed E-state index contributed by atoms with van der Waals surface area (Å²) in [6, 6.07) is -1.88. The van der Waals surface area contributed by atoms with Gasteiger partial charge in [-0.1, -0.05) is 34.1 Å². The van der Waals surface area contributed by atoms with Crippen LogP contribution in [0.4, 0.5) is 0 Å². The van der Waals surface area contributed by atoms with Gasteiger partial charge in [-0.3, -0.25) is 34.0 Å². The summed E-state index contributed by atoms with van der Waals surface area (Å²) in [6.45, 7) is 20.3. The SMILES string of the molecule is CCC(C)(CCC(C(=O)O)N1CCN(C(C)C)CCN(C(C)C(=O)O)CCN(C(C)C(=O)O)CC1)C(C)C. The zero-order chi connectivity index (χ0) is 29.2. The second-order valence-corrected chi connectivity index (χ2v) is 11.8. The molecule has 38 heavy (non-hydrogen) atoms. The molecule has 0 aliphatic carbocycles. The third kappa shape index (κ3) is 10.1. The van der Waals surface area contributed by atoms with Gasteiger partial charge in [-0.05, 0) is 51.9 Å². The Bertz CT molecular complexity index is 764. The summed E-state index contributed by atoms with van der Waals surface area (Å²) >= 11 is 0. The van der Waals surface area contributed by atoms with E-state index in [0.29, 0.717) is 64.7 Å². The van der Waals surface area contributed by atoms with Crippen molar-refractivity contribution >= 4 is 17.9 Å². The number of nitrogens with zero attached hydrogens (tertiary/aromatic N) is 4. The highest BCUT2D eigenvalue weighted by molar-refractivity contribution is 5.74. The van der Waals surface area contributed by atoms with Crippen molar-refractivity contribution < 1.29 is 29.7 Å². The van der Waals surface area contributed by atoms with Gasteiger partial charge in [-0.2, -0.15) is 0 Å². The molecule has 0 spiro atoms. The van der Waals surface area contributed by atoms with Gasteiger partial charge < -0.3 is 15.3 Å². The molecule has 1 aliphatic rings. The fourth-order valence-electron chi connectivity index (χ4n) is 5.19. The monoisotopic (exact) mass is 542 g/mol. The van der Waals surface area contributed by atoms with Gasteiger partial charge in [0, 0.05) is 58.4 Å². The molecule has 4 unspecified atom stereocenters. The Morgan fingerprint density at radius 3 is 1.32 bits per heavy atom. The van der Waals surface area contributed by atoms with Crippen LogP contribution in [0.3, 0.4) is 0 Å². The lowest BCUT2D eigenvalue weighted by atomic mass is 9.73. The molecule has 1 fully saturated rings. The summed E-state index contributed by atoms with van der Waals surface area (Å²) in [4.78, 5) is 44.2. The molecule has 0 aromatic heterocycles. The minimum Gasteiger partial charge on any atom is -0.480 e. The van der Waals surface area contributed by atoms with Gasteiger partial charge in [0.25, 0.3) is 0 Å². The molecule has 1 heterocycles. The summed E-state index contributed by atoms with van der Waals surface area (Å²) in [5.74, 6) is -2.25. The second-order valence-electron chi connectivity index (χ2n) is 11.8. The highest BCUT2D eigenvalue weighted by Crippen LogP contribution is 2.36. The van der Waals surface area contributed by atoms with Crippen LogP contribution in [0.5, 0.6) is 0 Å². The third-order valence-electron chi connectivity index (χ3n) is 9.15. The van der Waals surface area contributed by atoms with Crippen molar-refractivity contribution in [1.29, 1.82) is 0 Å². The normalized spacial score (nSPS) is 22.3. The van der Waals surface area contributed by atoms with Gasteiger partial charge in [0.1, 0.15) is 18.1 Å². The number of hydrogen-bond acceptors (Lipinski definition) is 7. The maximum Gasteiger partial charge on any atom is 0.320 e. The molecule has 0 amide bonds. The van der Waals surface area contributed by atoms with Gasteiger partial charge >= 0.3 is 17.9 Å². The van der Waals surface area contributed by atoms with E-state index >= 15 is 0 Å². The van der Waals surface area contributed by atoms with Crippen LogP contribution in [0.1, 0.15) is 74.7 Å². The van der Waals surface area contributed by atoms with Crippen LogP contribution >= 0.6 is 0 Å². The molecule has 0 aromatic rings. The molecule has 1 saturated heterocycles. The summed E-state index contributed by atoms with van der Waals surface area (Å²) in [7, 11) is 0. The first-order valence-corrected chi connectivity index (χ1v) is 14.3. The van der Waals surface area contributed by atoms with Gasteiger partial charge in [-0.25, -0.2) is 0 Å². The maximum absolute atomic E-state index is 12.5. The molecule has 0 aromatic carbocycles. The number of hydrogen-bond donors (Lipinski definition) is 3. The van der Waals surface area contributed by atoms with Crippen molar-refractivity contribution in [2.24, 2.45) is 11.3 Å². The van der Waals surface area contributed by atoms with E-state index in [2.05, 4.69) is 46.4 Å². The Labute approximate surface area is 229 Å². The molecule has 10 nitrogen and oxygen atoms in total. The number of aliphatic carboxylic acids is 3. The molecule has 1 aliphatic heterocycles. The molecule has 4 atom stereocenters. The Kier molecular flexibility index (Phi) is 14.2. The first-order chi connectivity index (χ1) is 17.6. The highest BCUT2D eigenvalue weighted by Gasteiger charge is 2.33. The van der Waals surface area contributed by atoms with Crippen molar-refractivity contribution in [1.82, 2.24) is 19.6 Å². The lowest BCUT2D eigenvalue weighted by molar-refractivity contribution is -0.146. The van der Waals surface area contributed by atoms with Crippen LogP contribution in [0.2, 0.25) is 0 Å². The van der Waals surface area contributed by atoms with Gasteiger partial charge in [0.05, 0.1) is 0 Å². The lowest BCUT2D eigenvalue weighted by Crippen LogP contribution is -2.54. The zero-order valence-electron chi connectivity index (χ0n) is 25.0. The van der Waals surface area contributed by atoms with Gasteiger partial charge in [-0.15, -0.1) is 0 Å². The van der Waals surface area contributed by atoms with E-state index in [1.807, 2.05) is 14.7 Å². The Hall–Kier alpha value is -1.75. The van der Waals surface area contributed by atoms with E-state index in [-0.39, 0.29) is 11.5 Å². The molecule has 222 valence electrons. The first-order valence-electron chi connectivity index (χ1n) is 14.3. The van der Waals surface area contributed by atoms with Gasteiger partial charge in [0.15, 0.2) is 0 Å². The molecule has 3 N–H and O–H groups in total. The number of carboxylic acids is 3. The van der Waals surface area contributed by atoms with Crippen molar-refractivity contribution in [3.63, 3.8) is 0 Å². The fraction of sp³-hybridized carbons (Fsp3) is 0.893. The zero-order valence-corrected chi connectivity index (χ0v) is 25.0. The van der Waals surface area contributed by atoms with E-state index in [0.717, 1.165) is 12.8 Å². The van der Waals surface area contributed by atoms with Crippen molar-refractivity contribution in [3.05, 3.63) is 0 Å². The molecular formula is C28H54N4O6. The third-order valence-corrected chi connectivity index (χ3v) is 9.15. The fourth-order valence-corrected chi connectivity index (χ4v) is 5.19. The molecule has 0 radical (unpaired) electrons. The average molecular weight is 543 g/mol. The Morgan fingerprint density at radius 2 is 1.03 bits per heavy atom. The predicted octanol–water partition coefficient (Wildman–Crippen LogP) is 2.87. The summed E-state index contributed by atoms with van der Waals surface area (Å²) in [5.41, 5.74) is 0.0539. The summed E-state index contributed by atoms with van der Waals surface area (Å²) in [6.07, 6.45) is 2.32. The first kappa shape index (κ1) is 34.3. The maximum atomic E-state index is 12.5. The minimum atomic E-state index is -0.946. The number of carboxylic acid groups (broad SMARTS) is 3. The minimum absolute atomic E-state index is 0.0539. The largest absolute Gasteiger partial charge is 0.480 e. The van der Waals surface area contributed by atoms with Crippen LogP contribution < -0.4 is 0 Å². The molecule has 0 saturated carbocycles. The Balaban J connectivity index is 3.28. The summed E-state index contributed by atoms with van der Waals surface area (Å²) < 4.78 is 0. The van der Waals surface area contributed by atoms with E-state index in [9.17, 15) is 29.7 Å². The quantitative estimate of drug-likeness (QED) is 0.339. The Morgan fingerprint density at radius 1 is 0.658 bits per heavy atom. The van der Waals surface area contributed by atoms with Crippen LogP contribution in [0, 0.1) is 11.3 Å². The average Bonchev–Trinajstić information content (AvgIpc) is 2.83. The van der Waals surface area contributed by atoms with Crippen LogP contribution in [-0.4, -0.2) is 129 Å². The van der Waals surface area contributed by atoms with E-state index < -0.39 is 36.0 Å². The van der Waals surface area contributed by atoms with E-state index in [1.165, 1.54) is 0 Å². The number of carbonyl (C=O) groups is 3. The van der Waals surface area contributed by atoms with Crippen molar-refractivity contribution in [2.45, 2.75) is 98.8 Å². The molecule has 10 heteroatoms. The van der Waals surface area contributed by atoms with E-state index in [4.69, 9.17) is 0 Å². The lowest BCUT2D eigenvalue weighted by Gasteiger charge is -2.40. The second kappa shape index (κ2) is 15.7. The highest BCUT2D eigenvalue weighted by atomic mass is 16.4. The number of rotatable bonds is 12. The molecule has 0 bridgehead atoms. The smallest absolute Gasteiger partial charge is 0.320 e. The van der Waals surface area contributed by atoms with Crippen molar-refractivity contribution in [2.75, 3.05) is 52.4 Å².